The maximum atomic E-state index is 14.0. The van der Waals surface area contributed by atoms with E-state index < -0.39 is 34.8 Å². The number of hydrogen-bond donors (Lipinski definition) is 1. The number of carbonyl (C=O) groups excluding carboxylic acids is 1. The molecular formula is C15H12F4N2O2S. The molecule has 1 aromatic carbocycles. The zero-order valence-corrected chi connectivity index (χ0v) is 13.1. The fourth-order valence-electron chi connectivity index (χ4n) is 3.06. The van der Waals surface area contributed by atoms with Crippen LogP contribution in [0.25, 0.3) is 0 Å². The van der Waals surface area contributed by atoms with Gasteiger partial charge < -0.3 is 14.3 Å². The molecule has 1 N–H and O–H groups in total. The Bertz CT molecular complexity index is 836. The van der Waals surface area contributed by atoms with Crippen LogP contribution in [0.5, 0.6) is 0 Å². The number of ether oxygens (including phenoxy) is 1. The van der Waals surface area contributed by atoms with Crippen molar-refractivity contribution in [2.24, 2.45) is 0 Å². The van der Waals surface area contributed by atoms with Gasteiger partial charge in [-0.2, -0.15) is 0 Å². The molecule has 1 atom stereocenters. The Balaban J connectivity index is 1.94. The molecule has 0 aliphatic carbocycles. The molecular weight excluding hydrogens is 348 g/mol. The van der Waals surface area contributed by atoms with Crippen molar-refractivity contribution in [3.63, 3.8) is 0 Å². The van der Waals surface area contributed by atoms with Crippen molar-refractivity contribution in [1.82, 2.24) is 9.55 Å². The number of nitrogens with zero attached hydrogens (tertiary/aromatic N) is 1. The van der Waals surface area contributed by atoms with Crippen LogP contribution in [0.1, 0.15) is 22.9 Å². The van der Waals surface area contributed by atoms with Crippen molar-refractivity contribution < 1.29 is 27.1 Å². The number of fused-ring (bicyclic) bond motifs is 1. The second-order valence-electron chi connectivity index (χ2n) is 5.47. The van der Waals surface area contributed by atoms with E-state index in [4.69, 9.17) is 12.2 Å². The second-order valence-corrected chi connectivity index (χ2v) is 5.85. The first kappa shape index (κ1) is 16.7. The number of carbonyl (C=O) groups is 1. The Morgan fingerprint density at radius 1 is 1.29 bits per heavy atom. The van der Waals surface area contributed by atoms with Gasteiger partial charge in [-0.3, -0.25) is 4.79 Å². The number of imidazole rings is 1. The highest BCUT2D eigenvalue weighted by atomic mass is 32.1. The standard InChI is InChI=1S/C15H12F4N2O2S/c16-8-4-9(17)14(19)12(13(8)18)7-3-11-10(1-2-23-6-22)20-15(24)21(11)5-7/h4,6-7H,1-3,5H2,(H,20,24)/t7-/m0/s1. The van der Waals surface area contributed by atoms with Gasteiger partial charge in [0.1, 0.15) is 0 Å². The largest absolute Gasteiger partial charge is 0.467 e. The highest BCUT2D eigenvalue weighted by Gasteiger charge is 2.33. The molecule has 0 saturated carbocycles. The van der Waals surface area contributed by atoms with Gasteiger partial charge in [-0.15, -0.1) is 0 Å². The van der Waals surface area contributed by atoms with Gasteiger partial charge in [0.15, 0.2) is 28.0 Å². The summed E-state index contributed by atoms with van der Waals surface area (Å²) >= 11 is 5.16. The molecule has 0 radical (unpaired) electrons. The first-order valence-electron chi connectivity index (χ1n) is 7.12. The van der Waals surface area contributed by atoms with Gasteiger partial charge in [-0.25, -0.2) is 17.6 Å². The van der Waals surface area contributed by atoms with Crippen molar-refractivity contribution >= 4 is 18.7 Å². The Labute approximate surface area is 139 Å². The fraction of sp³-hybridized carbons (Fsp3) is 0.333. The van der Waals surface area contributed by atoms with Crippen molar-refractivity contribution in [3.8, 4) is 0 Å². The lowest BCUT2D eigenvalue weighted by Crippen LogP contribution is -2.11. The maximum Gasteiger partial charge on any atom is 0.293 e. The zero-order valence-electron chi connectivity index (χ0n) is 12.2. The average molecular weight is 360 g/mol. The summed E-state index contributed by atoms with van der Waals surface area (Å²) in [5.41, 5.74) is 0.741. The molecule has 0 unspecified atom stereocenters. The maximum absolute atomic E-state index is 14.0. The SMILES string of the molecule is O=COCCc1[nH]c(=S)n2c1C[C@H](c1c(F)c(F)cc(F)c1F)C2. The van der Waals surface area contributed by atoms with Crippen LogP contribution < -0.4 is 0 Å². The minimum atomic E-state index is -1.43. The number of aromatic amines is 1. The van der Waals surface area contributed by atoms with E-state index >= 15 is 0 Å². The van der Waals surface area contributed by atoms with E-state index in [0.717, 1.165) is 0 Å². The van der Waals surface area contributed by atoms with Gasteiger partial charge in [0, 0.05) is 41.9 Å². The first-order chi connectivity index (χ1) is 11.4. The van der Waals surface area contributed by atoms with E-state index in [0.29, 0.717) is 29.1 Å². The molecule has 0 amide bonds. The normalized spacial score (nSPS) is 16.2. The van der Waals surface area contributed by atoms with Crippen LogP contribution in [0.2, 0.25) is 0 Å². The molecule has 1 aliphatic heterocycles. The van der Waals surface area contributed by atoms with Crippen molar-refractivity contribution in [3.05, 3.63) is 51.1 Å². The average Bonchev–Trinajstić information content (AvgIpc) is 3.08. The number of rotatable bonds is 5. The van der Waals surface area contributed by atoms with E-state index in [2.05, 4.69) is 9.72 Å². The summed E-state index contributed by atoms with van der Waals surface area (Å²) in [7, 11) is 0. The molecule has 0 fully saturated rings. The number of H-pyrrole nitrogens is 1. The van der Waals surface area contributed by atoms with Crippen LogP contribution in [0.4, 0.5) is 17.6 Å². The summed E-state index contributed by atoms with van der Waals surface area (Å²) in [6.07, 6.45) is 0.514. The molecule has 3 rings (SSSR count). The third-order valence-electron chi connectivity index (χ3n) is 4.11. The highest BCUT2D eigenvalue weighted by molar-refractivity contribution is 7.71. The molecule has 0 bridgehead atoms. The molecule has 0 spiro atoms. The quantitative estimate of drug-likeness (QED) is 0.293. The Morgan fingerprint density at radius 3 is 2.58 bits per heavy atom. The predicted octanol–water partition coefficient (Wildman–Crippen LogP) is 3.16. The molecule has 2 aromatic rings. The van der Waals surface area contributed by atoms with E-state index in [9.17, 15) is 22.4 Å². The first-order valence-corrected chi connectivity index (χ1v) is 7.53. The summed E-state index contributed by atoms with van der Waals surface area (Å²) in [4.78, 5) is 13.1. The Hall–Kier alpha value is -2.16. The second kappa shape index (κ2) is 6.39. The van der Waals surface area contributed by atoms with Gasteiger partial charge in [-0.1, -0.05) is 0 Å². The third kappa shape index (κ3) is 2.72. The number of aromatic nitrogens is 2. The van der Waals surface area contributed by atoms with Crippen LogP contribution >= 0.6 is 12.2 Å². The molecule has 9 heteroatoms. The molecule has 2 heterocycles. The van der Waals surface area contributed by atoms with Crippen molar-refractivity contribution in [2.75, 3.05) is 6.61 Å². The lowest BCUT2D eigenvalue weighted by atomic mass is 9.94. The van der Waals surface area contributed by atoms with Crippen LogP contribution in [0, 0.1) is 28.0 Å². The molecule has 4 nitrogen and oxygen atoms in total. The van der Waals surface area contributed by atoms with Gasteiger partial charge in [-0.05, 0) is 18.6 Å². The summed E-state index contributed by atoms with van der Waals surface area (Å²) in [5.74, 6) is -6.39. The summed E-state index contributed by atoms with van der Waals surface area (Å²) in [6.45, 7) is 0.539. The van der Waals surface area contributed by atoms with Gasteiger partial charge in [0.25, 0.3) is 6.47 Å². The van der Waals surface area contributed by atoms with E-state index in [1.807, 2.05) is 0 Å². The van der Waals surface area contributed by atoms with Crippen LogP contribution in [-0.4, -0.2) is 22.6 Å². The number of hydrogen-bond acceptors (Lipinski definition) is 3. The molecule has 24 heavy (non-hydrogen) atoms. The molecule has 1 aliphatic rings. The lowest BCUT2D eigenvalue weighted by molar-refractivity contribution is -0.128. The topological polar surface area (TPSA) is 47.0 Å². The fourth-order valence-corrected chi connectivity index (χ4v) is 3.37. The molecule has 1 aromatic heterocycles. The summed E-state index contributed by atoms with van der Waals surface area (Å²) < 4.78 is 61.4. The van der Waals surface area contributed by atoms with Gasteiger partial charge in [0.2, 0.25) is 0 Å². The third-order valence-corrected chi connectivity index (χ3v) is 4.43. The summed E-state index contributed by atoms with van der Waals surface area (Å²) in [6, 6.07) is 0.192. The van der Waals surface area contributed by atoms with E-state index in [1.165, 1.54) is 0 Å². The lowest BCUT2D eigenvalue weighted by Gasteiger charge is -2.13. The van der Waals surface area contributed by atoms with Crippen molar-refractivity contribution in [2.45, 2.75) is 25.3 Å². The zero-order chi connectivity index (χ0) is 17.4. The molecule has 0 saturated heterocycles. The number of benzene rings is 1. The van der Waals surface area contributed by atoms with Gasteiger partial charge >= 0.3 is 0 Å². The minimum absolute atomic E-state index is 0.107. The van der Waals surface area contributed by atoms with E-state index in [1.54, 1.807) is 4.57 Å². The Morgan fingerprint density at radius 2 is 1.96 bits per heavy atom. The van der Waals surface area contributed by atoms with Crippen molar-refractivity contribution in [1.29, 1.82) is 0 Å². The van der Waals surface area contributed by atoms with Crippen LogP contribution in [0.3, 0.4) is 0 Å². The van der Waals surface area contributed by atoms with Crippen LogP contribution in [-0.2, 0) is 28.9 Å². The molecule has 128 valence electrons. The Kier molecular flexibility index (Phi) is 4.44. The monoisotopic (exact) mass is 360 g/mol. The highest BCUT2D eigenvalue weighted by Crippen LogP contribution is 2.36. The number of halogens is 4. The summed E-state index contributed by atoms with van der Waals surface area (Å²) in [5, 5.41) is 0. The van der Waals surface area contributed by atoms with Gasteiger partial charge in [0.05, 0.1) is 6.61 Å². The smallest absolute Gasteiger partial charge is 0.293 e. The minimum Gasteiger partial charge on any atom is -0.467 e. The predicted molar refractivity (Wildman–Crippen MR) is 78.1 cm³/mol. The number of nitrogens with one attached hydrogen (secondary N) is 1. The van der Waals surface area contributed by atoms with Crippen LogP contribution in [0.15, 0.2) is 6.07 Å². The van der Waals surface area contributed by atoms with E-state index in [-0.39, 0.29) is 25.6 Å².